The van der Waals surface area contributed by atoms with Gasteiger partial charge in [0.15, 0.2) is 0 Å². The number of fused-ring (bicyclic) bond motifs is 1. The maximum Gasteiger partial charge on any atom is 0.281 e. The van der Waals surface area contributed by atoms with Crippen LogP contribution in [-0.4, -0.2) is 20.4 Å². The molecule has 18 heavy (non-hydrogen) atoms. The molecule has 0 aliphatic carbocycles. The van der Waals surface area contributed by atoms with E-state index in [1.165, 1.54) is 29.4 Å². The van der Waals surface area contributed by atoms with Gasteiger partial charge in [0.25, 0.3) is 5.91 Å². The van der Waals surface area contributed by atoms with Crippen LogP contribution in [0.25, 0.3) is 10.9 Å². The van der Waals surface area contributed by atoms with E-state index in [0.717, 1.165) is 0 Å². The van der Waals surface area contributed by atoms with Gasteiger partial charge in [-0.25, -0.2) is 14.4 Å². The van der Waals surface area contributed by atoms with Crippen LogP contribution in [0.2, 0.25) is 0 Å². The fourth-order valence-corrected chi connectivity index (χ4v) is 1.74. The highest BCUT2D eigenvalue weighted by Crippen LogP contribution is 2.16. The minimum absolute atomic E-state index is 0.186. The zero-order valence-electron chi connectivity index (χ0n) is 9.25. The molecule has 0 aliphatic rings. The van der Waals surface area contributed by atoms with Crippen molar-refractivity contribution in [3.8, 4) is 0 Å². The van der Waals surface area contributed by atoms with E-state index in [1.807, 2.05) is 0 Å². The average Bonchev–Trinajstić information content (AvgIpc) is 2.92. The molecule has 5 heteroatoms. The van der Waals surface area contributed by atoms with E-state index in [4.69, 9.17) is 0 Å². The number of aromatic nitrogens is 3. The predicted octanol–water partition coefficient (Wildman–Crippen LogP) is 2.26. The monoisotopic (exact) mass is 241 g/mol. The van der Waals surface area contributed by atoms with Gasteiger partial charge in [0.1, 0.15) is 23.4 Å². The molecule has 0 spiro atoms. The Labute approximate surface area is 102 Å². The van der Waals surface area contributed by atoms with Crippen molar-refractivity contribution >= 4 is 16.8 Å². The van der Waals surface area contributed by atoms with Crippen LogP contribution >= 0.6 is 0 Å². The van der Waals surface area contributed by atoms with E-state index >= 15 is 0 Å². The van der Waals surface area contributed by atoms with Crippen LogP contribution in [0.3, 0.4) is 0 Å². The molecule has 0 fully saturated rings. The third kappa shape index (κ3) is 1.66. The molecule has 0 bridgehead atoms. The summed E-state index contributed by atoms with van der Waals surface area (Å²) in [6.07, 6.45) is 4.41. The smallest absolute Gasteiger partial charge is 0.271 e. The van der Waals surface area contributed by atoms with Gasteiger partial charge in [-0.05, 0) is 12.1 Å². The third-order valence-electron chi connectivity index (χ3n) is 2.63. The number of rotatable bonds is 1. The number of hydrogen-bond donors (Lipinski definition) is 0. The van der Waals surface area contributed by atoms with Crippen LogP contribution in [0.1, 0.15) is 10.5 Å². The lowest BCUT2D eigenvalue weighted by Gasteiger charge is -2.03. The van der Waals surface area contributed by atoms with Crippen molar-refractivity contribution in [3.63, 3.8) is 0 Å². The number of nitrogens with zero attached hydrogens (tertiary/aromatic N) is 3. The van der Waals surface area contributed by atoms with E-state index in [2.05, 4.69) is 9.97 Å². The first-order chi connectivity index (χ1) is 8.75. The normalized spacial score (nSPS) is 10.7. The summed E-state index contributed by atoms with van der Waals surface area (Å²) in [6.45, 7) is 0. The Morgan fingerprint density at radius 1 is 1.22 bits per heavy atom. The molecule has 0 N–H and O–H groups in total. The molecular formula is C13H8FN3O. The summed E-state index contributed by atoms with van der Waals surface area (Å²) >= 11 is 0. The second-order valence-corrected chi connectivity index (χ2v) is 3.78. The molecule has 0 unspecified atom stereocenters. The number of benzene rings is 1. The highest BCUT2D eigenvalue weighted by atomic mass is 19.1. The minimum atomic E-state index is -0.437. The Morgan fingerprint density at radius 2 is 2.11 bits per heavy atom. The summed E-state index contributed by atoms with van der Waals surface area (Å²) in [5.74, 6) is -0.773. The first-order valence-electron chi connectivity index (χ1n) is 5.33. The van der Waals surface area contributed by atoms with Crippen LogP contribution in [0.4, 0.5) is 4.39 Å². The summed E-state index contributed by atoms with van der Waals surface area (Å²) in [5.41, 5.74) is 0.383. The van der Waals surface area contributed by atoms with Crippen LogP contribution in [-0.2, 0) is 0 Å². The van der Waals surface area contributed by atoms with E-state index in [0.29, 0.717) is 5.39 Å². The number of carbonyl (C=O) groups excluding carboxylic acids is 1. The molecule has 0 aliphatic heterocycles. The highest BCUT2D eigenvalue weighted by Gasteiger charge is 2.11. The largest absolute Gasteiger partial charge is 0.281 e. The van der Waals surface area contributed by atoms with Crippen LogP contribution in [0, 0.1) is 5.82 Å². The molecule has 0 amide bonds. The second-order valence-electron chi connectivity index (χ2n) is 3.78. The summed E-state index contributed by atoms with van der Waals surface area (Å²) in [5, 5.41) is 0.664. The van der Waals surface area contributed by atoms with Crippen molar-refractivity contribution in [3.05, 3.63) is 60.6 Å². The van der Waals surface area contributed by atoms with Gasteiger partial charge in [-0.1, -0.05) is 18.2 Å². The Balaban J connectivity index is 2.14. The molecule has 88 valence electrons. The lowest BCUT2D eigenvalue weighted by molar-refractivity contribution is 0.0955. The Hall–Kier alpha value is -2.56. The van der Waals surface area contributed by atoms with Crippen molar-refractivity contribution in [1.29, 1.82) is 0 Å². The van der Waals surface area contributed by atoms with Gasteiger partial charge in [0.2, 0.25) is 0 Å². The number of pyridine rings is 1. The van der Waals surface area contributed by atoms with Gasteiger partial charge < -0.3 is 0 Å². The van der Waals surface area contributed by atoms with Crippen molar-refractivity contribution in [2.75, 3.05) is 0 Å². The van der Waals surface area contributed by atoms with Crippen molar-refractivity contribution in [2.24, 2.45) is 0 Å². The summed E-state index contributed by atoms with van der Waals surface area (Å²) in [6, 6.07) is 7.92. The number of imidazole rings is 1. The summed E-state index contributed by atoms with van der Waals surface area (Å²) in [7, 11) is 0. The molecule has 0 atom stereocenters. The molecule has 2 aromatic heterocycles. The van der Waals surface area contributed by atoms with Gasteiger partial charge in [-0.15, -0.1) is 0 Å². The minimum Gasteiger partial charge on any atom is -0.271 e. The van der Waals surface area contributed by atoms with Gasteiger partial charge in [-0.2, -0.15) is 0 Å². The molecule has 0 saturated heterocycles. The first kappa shape index (κ1) is 10.6. The van der Waals surface area contributed by atoms with Crippen LogP contribution in [0.15, 0.2) is 49.1 Å². The molecule has 4 nitrogen and oxygen atoms in total. The van der Waals surface area contributed by atoms with Crippen molar-refractivity contribution in [2.45, 2.75) is 0 Å². The zero-order valence-corrected chi connectivity index (χ0v) is 9.25. The fourth-order valence-electron chi connectivity index (χ4n) is 1.74. The zero-order chi connectivity index (χ0) is 12.5. The molecular weight excluding hydrogens is 233 g/mol. The van der Waals surface area contributed by atoms with E-state index in [-0.39, 0.29) is 17.1 Å². The van der Waals surface area contributed by atoms with E-state index in [1.54, 1.807) is 24.3 Å². The van der Waals surface area contributed by atoms with Gasteiger partial charge in [-0.3, -0.25) is 9.36 Å². The highest BCUT2D eigenvalue weighted by molar-refractivity contribution is 5.96. The Kier molecular flexibility index (Phi) is 2.37. The molecule has 0 saturated carbocycles. The maximum absolute atomic E-state index is 13.6. The summed E-state index contributed by atoms with van der Waals surface area (Å²) in [4.78, 5) is 19.8. The van der Waals surface area contributed by atoms with Crippen molar-refractivity contribution in [1.82, 2.24) is 14.5 Å². The maximum atomic E-state index is 13.6. The lowest BCUT2D eigenvalue weighted by Crippen LogP contribution is -2.11. The Bertz CT molecular complexity index is 722. The number of halogens is 1. The SMILES string of the molecule is O=C(c1ccc2cccc(F)c2n1)n1ccnc1. The molecule has 3 aromatic rings. The predicted molar refractivity (Wildman–Crippen MR) is 63.7 cm³/mol. The second kappa shape index (κ2) is 4.03. The lowest BCUT2D eigenvalue weighted by atomic mass is 10.2. The summed E-state index contributed by atoms with van der Waals surface area (Å²) < 4.78 is 14.9. The van der Waals surface area contributed by atoms with E-state index < -0.39 is 5.82 Å². The number of para-hydroxylation sites is 1. The van der Waals surface area contributed by atoms with Crippen LogP contribution in [0.5, 0.6) is 0 Å². The van der Waals surface area contributed by atoms with Crippen molar-refractivity contribution < 1.29 is 9.18 Å². The van der Waals surface area contributed by atoms with Gasteiger partial charge >= 0.3 is 0 Å². The third-order valence-corrected chi connectivity index (χ3v) is 2.63. The van der Waals surface area contributed by atoms with Crippen LogP contribution < -0.4 is 0 Å². The molecule has 2 heterocycles. The van der Waals surface area contributed by atoms with Gasteiger partial charge in [0, 0.05) is 17.8 Å². The standard InChI is InChI=1S/C13H8FN3O/c14-10-3-1-2-9-4-5-11(16-12(9)10)13(18)17-7-6-15-8-17/h1-8H. The number of carbonyl (C=O) groups is 1. The fraction of sp³-hybridized carbons (Fsp3) is 0. The quantitative estimate of drug-likeness (QED) is 0.656. The van der Waals surface area contributed by atoms with E-state index in [9.17, 15) is 9.18 Å². The first-order valence-corrected chi connectivity index (χ1v) is 5.33. The molecule has 0 radical (unpaired) electrons. The topological polar surface area (TPSA) is 47.8 Å². The Morgan fingerprint density at radius 3 is 2.89 bits per heavy atom. The van der Waals surface area contributed by atoms with Gasteiger partial charge in [0.05, 0.1) is 0 Å². The molecule has 1 aromatic carbocycles. The average molecular weight is 241 g/mol. The number of hydrogen-bond acceptors (Lipinski definition) is 3. The molecule has 3 rings (SSSR count).